The van der Waals surface area contributed by atoms with E-state index in [2.05, 4.69) is 29.6 Å². The standard InChI is InChI=1S/C14H19NO/c1-2-4-14-13(3-1)12(7-10-16-14)11-5-8-15-9-6-11/h1-4,11-12,15H,5-10H2. The molecule has 16 heavy (non-hydrogen) atoms. The van der Waals surface area contributed by atoms with Crippen LogP contribution in [0, 0.1) is 5.92 Å². The molecule has 2 heteroatoms. The van der Waals surface area contributed by atoms with Gasteiger partial charge in [0.15, 0.2) is 0 Å². The van der Waals surface area contributed by atoms with Crippen LogP contribution in [0.5, 0.6) is 5.75 Å². The van der Waals surface area contributed by atoms with Crippen LogP contribution in [-0.4, -0.2) is 19.7 Å². The van der Waals surface area contributed by atoms with Gasteiger partial charge in [0.25, 0.3) is 0 Å². The number of ether oxygens (including phenoxy) is 1. The molecule has 0 saturated carbocycles. The average molecular weight is 217 g/mol. The van der Waals surface area contributed by atoms with Crippen LogP contribution >= 0.6 is 0 Å². The number of benzene rings is 1. The smallest absolute Gasteiger partial charge is 0.122 e. The van der Waals surface area contributed by atoms with Crippen LogP contribution in [0.4, 0.5) is 0 Å². The molecule has 1 unspecified atom stereocenters. The molecule has 1 N–H and O–H groups in total. The van der Waals surface area contributed by atoms with Crippen molar-refractivity contribution in [2.24, 2.45) is 5.92 Å². The lowest BCUT2D eigenvalue weighted by Gasteiger charge is -2.34. The van der Waals surface area contributed by atoms with Gasteiger partial charge in [0.05, 0.1) is 6.61 Å². The minimum atomic E-state index is 0.729. The van der Waals surface area contributed by atoms with E-state index in [0.29, 0.717) is 0 Å². The number of fused-ring (bicyclic) bond motifs is 1. The minimum absolute atomic E-state index is 0.729. The second-order valence-corrected chi connectivity index (χ2v) is 4.87. The molecule has 1 atom stereocenters. The molecule has 1 aromatic rings. The van der Waals surface area contributed by atoms with Gasteiger partial charge in [-0.15, -0.1) is 0 Å². The lowest BCUT2D eigenvalue weighted by molar-refractivity contribution is 0.216. The zero-order chi connectivity index (χ0) is 10.8. The van der Waals surface area contributed by atoms with Crippen molar-refractivity contribution in [2.75, 3.05) is 19.7 Å². The average Bonchev–Trinajstić information content (AvgIpc) is 2.39. The van der Waals surface area contributed by atoms with E-state index >= 15 is 0 Å². The molecule has 0 spiro atoms. The summed E-state index contributed by atoms with van der Waals surface area (Å²) in [5.74, 6) is 2.70. The Hall–Kier alpha value is -1.02. The normalized spacial score (nSPS) is 25.9. The molecular formula is C14H19NO. The van der Waals surface area contributed by atoms with E-state index in [0.717, 1.165) is 24.2 Å². The Morgan fingerprint density at radius 2 is 1.88 bits per heavy atom. The molecule has 2 nitrogen and oxygen atoms in total. The zero-order valence-electron chi connectivity index (χ0n) is 9.61. The van der Waals surface area contributed by atoms with Crippen LogP contribution < -0.4 is 10.1 Å². The fourth-order valence-corrected chi connectivity index (χ4v) is 3.11. The summed E-state index contributed by atoms with van der Waals surface area (Å²) in [6, 6.07) is 8.58. The molecule has 2 heterocycles. The molecule has 1 fully saturated rings. The van der Waals surface area contributed by atoms with Gasteiger partial charge in [0.1, 0.15) is 5.75 Å². The monoisotopic (exact) mass is 217 g/mol. The first-order valence-electron chi connectivity index (χ1n) is 6.37. The minimum Gasteiger partial charge on any atom is -0.493 e. The van der Waals surface area contributed by atoms with Crippen LogP contribution in [0.15, 0.2) is 24.3 Å². The second-order valence-electron chi connectivity index (χ2n) is 4.87. The number of nitrogens with one attached hydrogen (secondary N) is 1. The SMILES string of the molecule is c1ccc2c(c1)OCCC2C1CCNCC1. The molecule has 0 radical (unpaired) electrons. The van der Waals surface area contributed by atoms with Gasteiger partial charge in [-0.05, 0) is 55.8 Å². The first-order chi connectivity index (χ1) is 7.95. The van der Waals surface area contributed by atoms with Gasteiger partial charge in [0.2, 0.25) is 0 Å². The summed E-state index contributed by atoms with van der Waals surface area (Å²) in [6.07, 6.45) is 3.83. The molecule has 2 aliphatic rings. The zero-order valence-corrected chi connectivity index (χ0v) is 9.61. The van der Waals surface area contributed by atoms with Crippen molar-refractivity contribution < 1.29 is 4.74 Å². The van der Waals surface area contributed by atoms with Crippen LogP contribution in [0.3, 0.4) is 0 Å². The van der Waals surface area contributed by atoms with E-state index in [1.54, 1.807) is 0 Å². The van der Waals surface area contributed by atoms with Crippen molar-refractivity contribution >= 4 is 0 Å². The summed E-state index contributed by atoms with van der Waals surface area (Å²) in [5.41, 5.74) is 1.45. The molecule has 0 bridgehead atoms. The van der Waals surface area contributed by atoms with E-state index < -0.39 is 0 Å². The largest absolute Gasteiger partial charge is 0.493 e. The Balaban J connectivity index is 1.86. The molecule has 3 rings (SSSR count). The fraction of sp³-hybridized carbons (Fsp3) is 0.571. The topological polar surface area (TPSA) is 21.3 Å². The van der Waals surface area contributed by atoms with Crippen LogP contribution in [0.2, 0.25) is 0 Å². The molecule has 0 aromatic heterocycles. The van der Waals surface area contributed by atoms with E-state index in [-0.39, 0.29) is 0 Å². The Morgan fingerprint density at radius 3 is 2.75 bits per heavy atom. The molecule has 86 valence electrons. The number of rotatable bonds is 1. The van der Waals surface area contributed by atoms with Gasteiger partial charge in [-0.25, -0.2) is 0 Å². The number of piperidine rings is 1. The van der Waals surface area contributed by atoms with Crippen LogP contribution in [-0.2, 0) is 0 Å². The molecule has 2 aliphatic heterocycles. The second kappa shape index (κ2) is 4.46. The third kappa shape index (κ3) is 1.82. The molecule has 1 saturated heterocycles. The maximum Gasteiger partial charge on any atom is 0.122 e. The fourth-order valence-electron chi connectivity index (χ4n) is 3.11. The number of para-hydroxylation sites is 1. The lowest BCUT2D eigenvalue weighted by Crippen LogP contribution is -2.32. The first-order valence-corrected chi connectivity index (χ1v) is 6.37. The third-order valence-corrected chi connectivity index (χ3v) is 3.96. The van der Waals surface area contributed by atoms with E-state index in [4.69, 9.17) is 4.74 Å². The highest BCUT2D eigenvalue weighted by Crippen LogP contribution is 2.41. The predicted molar refractivity (Wildman–Crippen MR) is 64.9 cm³/mol. The summed E-state index contributed by atoms with van der Waals surface area (Å²) in [5, 5.41) is 3.45. The Kier molecular flexibility index (Phi) is 2.83. The van der Waals surface area contributed by atoms with Crippen molar-refractivity contribution in [2.45, 2.75) is 25.2 Å². The summed E-state index contributed by atoms with van der Waals surface area (Å²) < 4.78 is 5.73. The third-order valence-electron chi connectivity index (χ3n) is 3.96. The van der Waals surface area contributed by atoms with Gasteiger partial charge in [0, 0.05) is 0 Å². The van der Waals surface area contributed by atoms with E-state index in [9.17, 15) is 0 Å². The lowest BCUT2D eigenvalue weighted by atomic mass is 9.77. The van der Waals surface area contributed by atoms with Gasteiger partial charge >= 0.3 is 0 Å². The Bertz CT molecular complexity index is 358. The van der Waals surface area contributed by atoms with Crippen molar-refractivity contribution in [1.29, 1.82) is 0 Å². The summed E-state index contributed by atoms with van der Waals surface area (Å²) >= 11 is 0. The van der Waals surface area contributed by atoms with Gasteiger partial charge < -0.3 is 10.1 Å². The highest BCUT2D eigenvalue weighted by molar-refractivity contribution is 5.38. The maximum atomic E-state index is 5.73. The summed E-state index contributed by atoms with van der Waals surface area (Å²) in [6.45, 7) is 3.26. The Labute approximate surface area is 97.0 Å². The van der Waals surface area contributed by atoms with Crippen LogP contribution in [0.1, 0.15) is 30.7 Å². The van der Waals surface area contributed by atoms with Gasteiger partial charge in [-0.1, -0.05) is 18.2 Å². The molecule has 1 aromatic carbocycles. The van der Waals surface area contributed by atoms with Crippen LogP contribution in [0.25, 0.3) is 0 Å². The highest BCUT2D eigenvalue weighted by atomic mass is 16.5. The number of hydrogen-bond donors (Lipinski definition) is 1. The summed E-state index contributed by atoms with van der Waals surface area (Å²) in [7, 11) is 0. The molecular weight excluding hydrogens is 198 g/mol. The molecule has 0 amide bonds. The summed E-state index contributed by atoms with van der Waals surface area (Å²) in [4.78, 5) is 0. The Morgan fingerprint density at radius 1 is 1.06 bits per heavy atom. The van der Waals surface area contributed by atoms with E-state index in [1.165, 1.54) is 37.9 Å². The van der Waals surface area contributed by atoms with Crippen molar-refractivity contribution in [3.63, 3.8) is 0 Å². The number of hydrogen-bond acceptors (Lipinski definition) is 2. The van der Waals surface area contributed by atoms with Gasteiger partial charge in [-0.3, -0.25) is 0 Å². The predicted octanol–water partition coefficient (Wildman–Crippen LogP) is 2.55. The van der Waals surface area contributed by atoms with Gasteiger partial charge in [-0.2, -0.15) is 0 Å². The van der Waals surface area contributed by atoms with E-state index in [1.807, 2.05) is 0 Å². The first kappa shape index (κ1) is 10.2. The maximum absolute atomic E-state index is 5.73. The van der Waals surface area contributed by atoms with Crippen molar-refractivity contribution in [3.8, 4) is 5.75 Å². The molecule has 0 aliphatic carbocycles. The van der Waals surface area contributed by atoms with Crippen molar-refractivity contribution in [3.05, 3.63) is 29.8 Å². The van der Waals surface area contributed by atoms with Crippen molar-refractivity contribution in [1.82, 2.24) is 5.32 Å². The quantitative estimate of drug-likeness (QED) is 0.780. The highest BCUT2D eigenvalue weighted by Gasteiger charge is 2.29.